The Morgan fingerprint density at radius 1 is 1.16 bits per heavy atom. The molecule has 1 heterocycles. The van der Waals surface area contributed by atoms with Gasteiger partial charge in [-0.05, 0) is 63.5 Å². The maximum Gasteiger partial charge on any atom is 0.0117 e. The maximum absolute atomic E-state index is 4.68. The molecular formula is C16H32N2S. The minimum atomic E-state index is 0.512. The number of rotatable bonds is 5. The summed E-state index contributed by atoms with van der Waals surface area (Å²) in [5.41, 5.74) is 0.512. The van der Waals surface area contributed by atoms with E-state index in [-0.39, 0.29) is 0 Å². The molecule has 1 aliphatic carbocycles. The first-order valence-corrected chi connectivity index (χ1v) is 8.86. The summed E-state index contributed by atoms with van der Waals surface area (Å²) in [5.74, 6) is 1.07. The zero-order chi connectivity index (χ0) is 13.7. The number of nitrogens with zero attached hydrogens (tertiary/aromatic N) is 2. The highest BCUT2D eigenvalue weighted by Gasteiger charge is 2.34. The smallest absolute Gasteiger partial charge is 0.0117 e. The van der Waals surface area contributed by atoms with Gasteiger partial charge in [0, 0.05) is 12.6 Å². The van der Waals surface area contributed by atoms with Crippen molar-refractivity contribution in [2.75, 3.05) is 39.0 Å². The van der Waals surface area contributed by atoms with Gasteiger partial charge in [0.05, 0.1) is 0 Å². The molecule has 1 saturated heterocycles. The number of likely N-dealkylation sites (tertiary alicyclic amines) is 1. The molecule has 0 N–H and O–H groups in total. The van der Waals surface area contributed by atoms with Crippen molar-refractivity contribution in [2.45, 2.75) is 57.9 Å². The van der Waals surface area contributed by atoms with E-state index in [2.05, 4.69) is 36.4 Å². The van der Waals surface area contributed by atoms with Gasteiger partial charge in [-0.2, -0.15) is 12.6 Å². The maximum atomic E-state index is 4.68. The lowest BCUT2D eigenvalue weighted by Crippen LogP contribution is -2.48. The second kappa shape index (κ2) is 7.33. The fourth-order valence-electron chi connectivity index (χ4n) is 4.00. The van der Waals surface area contributed by atoms with Crippen LogP contribution < -0.4 is 0 Å². The highest BCUT2D eigenvalue weighted by molar-refractivity contribution is 7.80. The lowest BCUT2D eigenvalue weighted by Gasteiger charge is -2.43. The van der Waals surface area contributed by atoms with Gasteiger partial charge in [-0.1, -0.05) is 26.2 Å². The van der Waals surface area contributed by atoms with Gasteiger partial charge >= 0.3 is 0 Å². The predicted octanol–water partition coefficient (Wildman–Crippen LogP) is 3.28. The Labute approximate surface area is 125 Å². The molecule has 2 nitrogen and oxygen atoms in total. The van der Waals surface area contributed by atoms with Crippen molar-refractivity contribution in [3.05, 3.63) is 0 Å². The first kappa shape index (κ1) is 15.7. The van der Waals surface area contributed by atoms with Crippen molar-refractivity contribution in [1.82, 2.24) is 9.80 Å². The molecule has 0 unspecified atom stereocenters. The number of piperidine rings is 1. The summed E-state index contributed by atoms with van der Waals surface area (Å²) < 4.78 is 0. The van der Waals surface area contributed by atoms with Crippen molar-refractivity contribution in [3.63, 3.8) is 0 Å². The second-order valence-electron chi connectivity index (χ2n) is 6.80. The molecular weight excluding hydrogens is 252 g/mol. The Morgan fingerprint density at radius 3 is 2.32 bits per heavy atom. The molecule has 0 aromatic carbocycles. The van der Waals surface area contributed by atoms with Gasteiger partial charge in [-0.3, -0.25) is 0 Å². The predicted molar refractivity (Wildman–Crippen MR) is 87.1 cm³/mol. The summed E-state index contributed by atoms with van der Waals surface area (Å²) in [6.07, 6.45) is 9.78. The molecule has 1 saturated carbocycles. The number of hydrogen-bond donors (Lipinski definition) is 1. The fourth-order valence-corrected chi connectivity index (χ4v) is 4.42. The first-order valence-electron chi connectivity index (χ1n) is 8.22. The minimum absolute atomic E-state index is 0.512. The first-order chi connectivity index (χ1) is 9.19. The molecule has 0 radical (unpaired) electrons. The van der Waals surface area contributed by atoms with E-state index in [4.69, 9.17) is 0 Å². The molecule has 112 valence electrons. The van der Waals surface area contributed by atoms with Crippen LogP contribution in [0.25, 0.3) is 0 Å². The van der Waals surface area contributed by atoms with Crippen molar-refractivity contribution in [2.24, 2.45) is 5.41 Å². The lowest BCUT2D eigenvalue weighted by atomic mass is 9.75. The third kappa shape index (κ3) is 4.12. The summed E-state index contributed by atoms with van der Waals surface area (Å²) >= 11 is 4.68. The van der Waals surface area contributed by atoms with Crippen LogP contribution in [0.3, 0.4) is 0 Å². The van der Waals surface area contributed by atoms with Gasteiger partial charge in [0.1, 0.15) is 0 Å². The Balaban J connectivity index is 1.84. The summed E-state index contributed by atoms with van der Waals surface area (Å²) in [6, 6.07) is 0.807. The van der Waals surface area contributed by atoms with Crippen LogP contribution in [0, 0.1) is 5.41 Å². The van der Waals surface area contributed by atoms with Crippen LogP contribution in [-0.2, 0) is 0 Å². The zero-order valence-corrected chi connectivity index (χ0v) is 13.8. The Kier molecular flexibility index (Phi) is 6.04. The molecule has 2 rings (SSSR count). The number of thiol groups is 1. The van der Waals surface area contributed by atoms with Crippen LogP contribution in [0.5, 0.6) is 0 Å². The molecule has 19 heavy (non-hydrogen) atoms. The monoisotopic (exact) mass is 284 g/mol. The largest absolute Gasteiger partial charge is 0.303 e. The van der Waals surface area contributed by atoms with Crippen molar-refractivity contribution in [1.29, 1.82) is 0 Å². The summed E-state index contributed by atoms with van der Waals surface area (Å²) in [7, 11) is 2.35. The zero-order valence-electron chi connectivity index (χ0n) is 12.9. The van der Waals surface area contributed by atoms with Crippen LogP contribution in [0.15, 0.2) is 0 Å². The molecule has 2 aliphatic rings. The topological polar surface area (TPSA) is 6.48 Å². The van der Waals surface area contributed by atoms with Crippen LogP contribution in [0.2, 0.25) is 0 Å². The third-order valence-corrected chi connectivity index (χ3v) is 6.13. The van der Waals surface area contributed by atoms with E-state index in [9.17, 15) is 0 Å². The van der Waals surface area contributed by atoms with Crippen LogP contribution in [0.1, 0.15) is 51.9 Å². The molecule has 2 fully saturated rings. The van der Waals surface area contributed by atoms with E-state index in [0.29, 0.717) is 5.41 Å². The molecule has 0 bridgehead atoms. The minimum Gasteiger partial charge on any atom is -0.303 e. The van der Waals surface area contributed by atoms with E-state index in [1.54, 1.807) is 0 Å². The molecule has 0 amide bonds. The second-order valence-corrected chi connectivity index (χ2v) is 7.12. The van der Waals surface area contributed by atoms with Gasteiger partial charge in [0.15, 0.2) is 0 Å². The summed E-state index contributed by atoms with van der Waals surface area (Å²) in [5, 5.41) is 0. The normalized spacial score (nSPS) is 25.9. The van der Waals surface area contributed by atoms with Gasteiger partial charge < -0.3 is 9.80 Å². The molecule has 0 spiro atoms. The van der Waals surface area contributed by atoms with Gasteiger partial charge in [-0.25, -0.2) is 0 Å². The van der Waals surface area contributed by atoms with Crippen molar-refractivity contribution < 1.29 is 0 Å². The van der Waals surface area contributed by atoms with E-state index in [1.807, 2.05) is 0 Å². The van der Waals surface area contributed by atoms with Gasteiger partial charge in [0.2, 0.25) is 0 Å². The van der Waals surface area contributed by atoms with Crippen LogP contribution >= 0.6 is 12.6 Å². The van der Waals surface area contributed by atoms with Crippen molar-refractivity contribution in [3.8, 4) is 0 Å². The van der Waals surface area contributed by atoms with Crippen LogP contribution in [-0.4, -0.2) is 54.8 Å². The highest BCUT2D eigenvalue weighted by Crippen LogP contribution is 2.38. The fraction of sp³-hybridized carbons (Fsp3) is 1.00. The molecule has 0 atom stereocenters. The van der Waals surface area contributed by atoms with Gasteiger partial charge in [0.25, 0.3) is 0 Å². The average Bonchev–Trinajstić information content (AvgIpc) is 2.48. The Bertz CT molecular complexity index is 255. The Hall–Kier alpha value is 0.270. The molecule has 1 aliphatic heterocycles. The van der Waals surface area contributed by atoms with Crippen molar-refractivity contribution >= 4 is 12.6 Å². The van der Waals surface area contributed by atoms with E-state index < -0.39 is 0 Å². The van der Waals surface area contributed by atoms with E-state index >= 15 is 0 Å². The third-order valence-electron chi connectivity index (χ3n) is 5.46. The van der Waals surface area contributed by atoms with E-state index in [0.717, 1.165) is 11.8 Å². The molecule has 0 aromatic heterocycles. The average molecular weight is 285 g/mol. The highest BCUT2D eigenvalue weighted by atomic mass is 32.1. The van der Waals surface area contributed by atoms with Crippen LogP contribution in [0.4, 0.5) is 0 Å². The lowest BCUT2D eigenvalue weighted by molar-refractivity contribution is 0.0775. The standard InChI is InChI=1S/C16H32N2S/c1-3-18-11-7-15(8-12-18)17(2)13-16(14-19)9-5-4-6-10-16/h15,19H,3-14H2,1-2H3. The number of hydrogen-bond acceptors (Lipinski definition) is 3. The van der Waals surface area contributed by atoms with E-state index in [1.165, 1.54) is 71.1 Å². The molecule has 3 heteroatoms. The molecule has 0 aromatic rings. The summed E-state index contributed by atoms with van der Waals surface area (Å²) in [6.45, 7) is 7.35. The van der Waals surface area contributed by atoms with Gasteiger partial charge in [-0.15, -0.1) is 0 Å². The SMILES string of the molecule is CCN1CCC(N(C)CC2(CS)CCCCC2)CC1. The summed E-state index contributed by atoms with van der Waals surface area (Å²) in [4.78, 5) is 5.24. The quantitative estimate of drug-likeness (QED) is 0.774. The Morgan fingerprint density at radius 2 is 1.79 bits per heavy atom.